The van der Waals surface area contributed by atoms with E-state index in [1.165, 1.54) is 16.8 Å². The standard InChI is InChI=1S/C13H21ClN2O4S/c1-10(2)4-6-20-7-5-15-13(17)12-8-11(9-16(12)3)21(14,18)19/h8-10H,4-7H2,1-3H3,(H,15,17). The van der Waals surface area contributed by atoms with Crippen LogP contribution >= 0.6 is 10.7 Å². The van der Waals surface area contributed by atoms with Gasteiger partial charge in [0, 0.05) is 37.1 Å². The van der Waals surface area contributed by atoms with Crippen molar-refractivity contribution in [1.29, 1.82) is 0 Å². The highest BCUT2D eigenvalue weighted by atomic mass is 35.7. The lowest BCUT2D eigenvalue weighted by Gasteiger charge is -2.08. The molecule has 120 valence electrons. The summed E-state index contributed by atoms with van der Waals surface area (Å²) >= 11 is 0. The highest BCUT2D eigenvalue weighted by molar-refractivity contribution is 8.13. The van der Waals surface area contributed by atoms with Gasteiger partial charge >= 0.3 is 0 Å². The minimum Gasteiger partial charge on any atom is -0.380 e. The third-order valence-electron chi connectivity index (χ3n) is 2.87. The van der Waals surface area contributed by atoms with E-state index in [0.717, 1.165) is 6.42 Å². The molecule has 1 heterocycles. The first-order valence-corrected chi connectivity index (χ1v) is 8.99. The molecule has 0 aliphatic carbocycles. The van der Waals surface area contributed by atoms with Crippen molar-refractivity contribution in [2.24, 2.45) is 13.0 Å². The SMILES string of the molecule is CC(C)CCOCCNC(=O)c1cc(S(=O)(=O)Cl)cn1C. The van der Waals surface area contributed by atoms with Crippen LogP contribution in [0.25, 0.3) is 0 Å². The van der Waals surface area contributed by atoms with Crippen LogP contribution in [0.3, 0.4) is 0 Å². The second kappa shape index (κ2) is 7.82. The van der Waals surface area contributed by atoms with Gasteiger partial charge in [0.2, 0.25) is 0 Å². The molecule has 0 radical (unpaired) electrons. The van der Waals surface area contributed by atoms with Gasteiger partial charge in [-0.1, -0.05) is 13.8 Å². The van der Waals surface area contributed by atoms with Gasteiger partial charge in [0.1, 0.15) is 10.6 Å². The van der Waals surface area contributed by atoms with Crippen molar-refractivity contribution in [2.75, 3.05) is 19.8 Å². The molecule has 0 fully saturated rings. The molecule has 1 amide bonds. The minimum atomic E-state index is -3.83. The monoisotopic (exact) mass is 336 g/mol. The van der Waals surface area contributed by atoms with Gasteiger partial charge in [-0.05, 0) is 18.4 Å². The second-order valence-corrected chi connectivity index (χ2v) is 7.73. The number of carbonyl (C=O) groups is 1. The quantitative estimate of drug-likeness (QED) is 0.579. The third-order valence-corrected chi connectivity index (χ3v) is 4.19. The molecule has 0 aliphatic rings. The lowest BCUT2D eigenvalue weighted by Crippen LogP contribution is -2.28. The summed E-state index contributed by atoms with van der Waals surface area (Å²) in [7, 11) is 2.99. The first-order chi connectivity index (χ1) is 9.71. The van der Waals surface area contributed by atoms with Crippen molar-refractivity contribution in [1.82, 2.24) is 9.88 Å². The number of ether oxygens (including phenoxy) is 1. The van der Waals surface area contributed by atoms with Crippen LogP contribution < -0.4 is 5.32 Å². The van der Waals surface area contributed by atoms with Crippen LogP contribution in [0.5, 0.6) is 0 Å². The van der Waals surface area contributed by atoms with Crippen LogP contribution in [0, 0.1) is 5.92 Å². The zero-order chi connectivity index (χ0) is 16.0. The number of nitrogens with one attached hydrogen (secondary N) is 1. The zero-order valence-electron chi connectivity index (χ0n) is 12.4. The lowest BCUT2D eigenvalue weighted by atomic mass is 10.1. The largest absolute Gasteiger partial charge is 0.380 e. The van der Waals surface area contributed by atoms with Crippen LogP contribution in [0.15, 0.2) is 17.2 Å². The zero-order valence-corrected chi connectivity index (χ0v) is 14.0. The highest BCUT2D eigenvalue weighted by Crippen LogP contribution is 2.17. The molecule has 0 atom stereocenters. The van der Waals surface area contributed by atoms with Gasteiger partial charge in [0.05, 0.1) is 6.61 Å². The van der Waals surface area contributed by atoms with Crippen molar-refractivity contribution < 1.29 is 17.9 Å². The lowest BCUT2D eigenvalue weighted by molar-refractivity contribution is 0.0898. The van der Waals surface area contributed by atoms with Gasteiger partial charge in [-0.15, -0.1) is 0 Å². The highest BCUT2D eigenvalue weighted by Gasteiger charge is 2.18. The Morgan fingerprint density at radius 3 is 2.62 bits per heavy atom. The number of hydrogen-bond acceptors (Lipinski definition) is 4. The first-order valence-electron chi connectivity index (χ1n) is 6.68. The third kappa shape index (κ3) is 6.07. The van der Waals surface area contributed by atoms with Crippen LogP contribution in [0.4, 0.5) is 0 Å². The Balaban J connectivity index is 2.44. The predicted octanol–water partition coefficient (Wildman–Crippen LogP) is 1.75. The maximum absolute atomic E-state index is 11.9. The van der Waals surface area contributed by atoms with Gasteiger partial charge in [-0.3, -0.25) is 4.79 Å². The van der Waals surface area contributed by atoms with Crippen molar-refractivity contribution in [2.45, 2.75) is 25.2 Å². The summed E-state index contributed by atoms with van der Waals surface area (Å²) in [6, 6.07) is 1.25. The van der Waals surface area contributed by atoms with E-state index in [0.29, 0.717) is 25.7 Å². The average molecular weight is 337 g/mol. The number of halogens is 1. The Bertz CT molecular complexity index is 581. The van der Waals surface area contributed by atoms with E-state index in [-0.39, 0.29) is 16.5 Å². The number of rotatable bonds is 8. The smallest absolute Gasteiger partial charge is 0.268 e. The van der Waals surface area contributed by atoms with E-state index >= 15 is 0 Å². The number of hydrogen-bond donors (Lipinski definition) is 1. The summed E-state index contributed by atoms with van der Waals surface area (Å²) in [5.74, 6) is 0.218. The molecular weight excluding hydrogens is 316 g/mol. The van der Waals surface area contributed by atoms with E-state index in [4.69, 9.17) is 15.4 Å². The Labute approximate surface area is 129 Å². The van der Waals surface area contributed by atoms with Gasteiger partial charge in [-0.2, -0.15) is 0 Å². The van der Waals surface area contributed by atoms with Crippen LogP contribution in [-0.4, -0.2) is 38.7 Å². The molecule has 0 spiro atoms. The molecule has 8 heteroatoms. The molecular formula is C13H21ClN2O4S. The molecule has 1 N–H and O–H groups in total. The van der Waals surface area contributed by atoms with Crippen molar-refractivity contribution in [3.05, 3.63) is 18.0 Å². The predicted molar refractivity (Wildman–Crippen MR) is 81.1 cm³/mol. The van der Waals surface area contributed by atoms with E-state index in [1.54, 1.807) is 7.05 Å². The Morgan fingerprint density at radius 1 is 1.43 bits per heavy atom. The maximum atomic E-state index is 11.9. The van der Waals surface area contributed by atoms with Gasteiger partial charge in [-0.25, -0.2) is 8.42 Å². The van der Waals surface area contributed by atoms with Crippen molar-refractivity contribution in [3.63, 3.8) is 0 Å². The summed E-state index contributed by atoms with van der Waals surface area (Å²) in [6.45, 7) is 5.67. The topological polar surface area (TPSA) is 77.4 Å². The van der Waals surface area contributed by atoms with Crippen molar-refractivity contribution in [3.8, 4) is 0 Å². The van der Waals surface area contributed by atoms with E-state index in [9.17, 15) is 13.2 Å². The molecule has 1 aromatic heterocycles. The number of aromatic nitrogens is 1. The Hall–Kier alpha value is -1.05. The molecule has 0 unspecified atom stereocenters. The summed E-state index contributed by atoms with van der Waals surface area (Å²) < 4.78 is 29.2. The van der Waals surface area contributed by atoms with Crippen molar-refractivity contribution >= 4 is 25.6 Å². The maximum Gasteiger partial charge on any atom is 0.268 e. The molecule has 0 saturated heterocycles. The molecule has 0 aliphatic heterocycles. The molecule has 1 rings (SSSR count). The summed E-state index contributed by atoms with van der Waals surface area (Å²) in [5.41, 5.74) is 0.233. The summed E-state index contributed by atoms with van der Waals surface area (Å²) in [5, 5.41) is 2.67. The number of amides is 1. The molecule has 6 nitrogen and oxygen atoms in total. The van der Waals surface area contributed by atoms with Crippen LogP contribution in [0.2, 0.25) is 0 Å². The van der Waals surface area contributed by atoms with Gasteiger partial charge < -0.3 is 14.6 Å². The fourth-order valence-corrected chi connectivity index (χ4v) is 2.43. The second-order valence-electron chi connectivity index (χ2n) is 5.16. The molecule has 21 heavy (non-hydrogen) atoms. The average Bonchev–Trinajstić information content (AvgIpc) is 2.75. The summed E-state index contributed by atoms with van der Waals surface area (Å²) in [6.07, 6.45) is 2.28. The van der Waals surface area contributed by atoms with E-state index in [1.807, 2.05) is 0 Å². The molecule has 0 bridgehead atoms. The minimum absolute atomic E-state index is 0.0926. The van der Waals surface area contributed by atoms with Gasteiger partial charge in [0.15, 0.2) is 0 Å². The number of nitrogens with zero attached hydrogens (tertiary/aromatic N) is 1. The van der Waals surface area contributed by atoms with E-state index < -0.39 is 9.05 Å². The first kappa shape index (κ1) is 18.0. The van der Waals surface area contributed by atoms with Crippen LogP contribution in [-0.2, 0) is 20.8 Å². The molecule has 1 aromatic rings. The molecule has 0 aromatic carbocycles. The number of carbonyl (C=O) groups excluding carboxylic acids is 1. The Kier molecular flexibility index (Phi) is 6.70. The fourth-order valence-electron chi connectivity index (χ4n) is 1.64. The number of aryl methyl sites for hydroxylation is 1. The molecule has 0 saturated carbocycles. The fraction of sp³-hybridized carbons (Fsp3) is 0.615. The van der Waals surface area contributed by atoms with Crippen LogP contribution in [0.1, 0.15) is 30.8 Å². The Morgan fingerprint density at radius 2 is 2.10 bits per heavy atom. The normalized spacial score (nSPS) is 11.9. The van der Waals surface area contributed by atoms with E-state index in [2.05, 4.69) is 19.2 Å². The van der Waals surface area contributed by atoms with Gasteiger partial charge in [0.25, 0.3) is 15.0 Å². The summed E-state index contributed by atoms with van der Waals surface area (Å²) in [4.78, 5) is 11.8.